The van der Waals surface area contributed by atoms with Crippen molar-refractivity contribution < 1.29 is 9.53 Å². The van der Waals surface area contributed by atoms with Gasteiger partial charge in [0.25, 0.3) is 0 Å². The maximum absolute atomic E-state index is 11.6. The summed E-state index contributed by atoms with van der Waals surface area (Å²) >= 11 is 6.02. The van der Waals surface area contributed by atoms with Crippen molar-refractivity contribution in [3.05, 3.63) is 29.3 Å². The topological polar surface area (TPSA) is 29.5 Å². The van der Waals surface area contributed by atoms with Gasteiger partial charge in [-0.15, -0.1) is 0 Å². The summed E-state index contributed by atoms with van der Waals surface area (Å²) in [7, 11) is 1.47. The molecule has 0 amide bonds. The van der Waals surface area contributed by atoms with E-state index in [0.29, 0.717) is 17.9 Å². The fourth-order valence-corrected chi connectivity index (χ4v) is 3.54. The van der Waals surface area contributed by atoms with Crippen LogP contribution in [0.4, 0.5) is 5.69 Å². The Hall–Kier alpha value is -1.22. The van der Waals surface area contributed by atoms with Gasteiger partial charge in [0.2, 0.25) is 0 Å². The highest BCUT2D eigenvalue weighted by Gasteiger charge is 2.63. The van der Waals surface area contributed by atoms with E-state index in [1.807, 2.05) is 18.2 Å². The van der Waals surface area contributed by atoms with E-state index in [1.54, 1.807) is 0 Å². The molecule has 0 aromatic heterocycles. The summed E-state index contributed by atoms with van der Waals surface area (Å²) in [6, 6.07) is 8.27. The van der Waals surface area contributed by atoms with Gasteiger partial charge in [0.15, 0.2) is 0 Å². The van der Waals surface area contributed by atoms with Crippen molar-refractivity contribution in [2.75, 3.05) is 18.6 Å². The van der Waals surface area contributed by atoms with Crippen LogP contribution in [0.5, 0.6) is 0 Å². The largest absolute Gasteiger partial charge is 0.469 e. The van der Waals surface area contributed by atoms with Crippen LogP contribution in [-0.4, -0.2) is 25.7 Å². The molecule has 4 heteroatoms. The van der Waals surface area contributed by atoms with E-state index >= 15 is 0 Å². The molecular weight excluding hydrogens is 250 g/mol. The number of halogens is 1. The summed E-state index contributed by atoms with van der Waals surface area (Å²) in [6.45, 7) is 3.10. The van der Waals surface area contributed by atoms with Crippen LogP contribution in [0.2, 0.25) is 5.02 Å². The first-order chi connectivity index (χ1) is 8.63. The predicted octanol–water partition coefficient (Wildman–Crippen LogP) is 2.58. The number of hydrogen-bond acceptors (Lipinski definition) is 3. The lowest BCUT2D eigenvalue weighted by atomic mass is 10.1. The molecule has 96 valence electrons. The average molecular weight is 266 g/mol. The number of piperidine rings is 1. The summed E-state index contributed by atoms with van der Waals surface area (Å²) in [4.78, 5) is 13.9. The minimum absolute atomic E-state index is 0.0532. The van der Waals surface area contributed by atoms with Crippen LogP contribution in [0.1, 0.15) is 6.92 Å². The number of ether oxygens (including phenoxy) is 1. The Bertz CT molecular complexity index is 490. The van der Waals surface area contributed by atoms with E-state index < -0.39 is 0 Å². The van der Waals surface area contributed by atoms with Gasteiger partial charge in [0.05, 0.1) is 13.0 Å². The van der Waals surface area contributed by atoms with Crippen molar-refractivity contribution in [2.24, 2.45) is 17.8 Å². The van der Waals surface area contributed by atoms with Crippen molar-refractivity contribution in [1.82, 2.24) is 0 Å². The highest BCUT2D eigenvalue weighted by molar-refractivity contribution is 6.30. The SMILES string of the molecule is COC(=O)[C@H]1C2C(C)N(c3cccc(Cl)c3)C[C@@H]21. The molecule has 0 spiro atoms. The van der Waals surface area contributed by atoms with Crippen molar-refractivity contribution in [1.29, 1.82) is 0 Å². The average Bonchev–Trinajstić information content (AvgIpc) is 2.99. The van der Waals surface area contributed by atoms with E-state index in [1.165, 1.54) is 7.11 Å². The van der Waals surface area contributed by atoms with Crippen LogP contribution in [-0.2, 0) is 9.53 Å². The predicted molar refractivity (Wildman–Crippen MR) is 70.7 cm³/mol. The number of fused-ring (bicyclic) bond motifs is 1. The Labute approximate surface area is 112 Å². The Kier molecular flexibility index (Phi) is 2.74. The van der Waals surface area contributed by atoms with Gasteiger partial charge in [-0.2, -0.15) is 0 Å². The number of nitrogens with zero attached hydrogens (tertiary/aromatic N) is 1. The highest BCUT2D eigenvalue weighted by atomic mass is 35.5. The maximum atomic E-state index is 11.6. The van der Waals surface area contributed by atoms with Crippen molar-refractivity contribution in [2.45, 2.75) is 13.0 Å². The second kappa shape index (κ2) is 4.16. The molecule has 0 radical (unpaired) electrons. The second-order valence-electron chi connectivity index (χ2n) is 5.16. The molecule has 0 N–H and O–H groups in total. The first-order valence-corrected chi connectivity index (χ1v) is 6.61. The summed E-state index contributed by atoms with van der Waals surface area (Å²) in [6.07, 6.45) is 0. The van der Waals surface area contributed by atoms with Gasteiger partial charge in [-0.1, -0.05) is 17.7 Å². The third-order valence-corrected chi connectivity index (χ3v) is 4.53. The normalized spacial score (nSPS) is 33.2. The quantitative estimate of drug-likeness (QED) is 0.770. The van der Waals surface area contributed by atoms with Gasteiger partial charge in [0.1, 0.15) is 0 Å². The van der Waals surface area contributed by atoms with Gasteiger partial charge < -0.3 is 9.64 Å². The standard InChI is InChI=1S/C14H16ClNO2/c1-8-12-11(13(12)14(17)18-2)7-16(8)10-5-3-4-9(15)6-10/h3-6,8,11-13H,7H2,1-2H3/t8?,11-,12?,13+/m0/s1. The second-order valence-corrected chi connectivity index (χ2v) is 5.60. The number of carbonyl (C=O) groups excluding carboxylic acids is 1. The van der Waals surface area contributed by atoms with Crippen molar-refractivity contribution in [3.8, 4) is 0 Å². The molecule has 18 heavy (non-hydrogen) atoms. The molecule has 0 bridgehead atoms. The summed E-state index contributed by atoms with van der Waals surface area (Å²) < 4.78 is 4.84. The first kappa shape index (κ1) is 11.8. The lowest BCUT2D eigenvalue weighted by Gasteiger charge is -2.28. The lowest BCUT2D eigenvalue weighted by Crippen LogP contribution is -2.33. The summed E-state index contributed by atoms with van der Waals surface area (Å²) in [5.41, 5.74) is 1.14. The van der Waals surface area contributed by atoms with Crippen LogP contribution in [0, 0.1) is 17.8 Å². The molecule has 2 aliphatic rings. The summed E-state index contributed by atoms with van der Waals surface area (Å²) in [5, 5.41) is 0.754. The smallest absolute Gasteiger partial charge is 0.309 e. The maximum Gasteiger partial charge on any atom is 0.309 e. The van der Waals surface area contributed by atoms with Crippen molar-refractivity contribution in [3.63, 3.8) is 0 Å². The van der Waals surface area contributed by atoms with E-state index in [-0.39, 0.29) is 11.9 Å². The van der Waals surface area contributed by atoms with Gasteiger partial charge in [-0.25, -0.2) is 0 Å². The molecule has 4 atom stereocenters. The van der Waals surface area contributed by atoms with Crippen LogP contribution in [0.15, 0.2) is 24.3 Å². The Morgan fingerprint density at radius 3 is 2.83 bits per heavy atom. The van der Waals surface area contributed by atoms with Crippen LogP contribution >= 0.6 is 11.6 Å². The number of benzene rings is 1. The molecule has 2 unspecified atom stereocenters. The molecule has 3 rings (SSSR count). The van der Waals surface area contributed by atoms with E-state index in [4.69, 9.17) is 16.3 Å². The zero-order valence-electron chi connectivity index (χ0n) is 10.5. The third-order valence-electron chi connectivity index (χ3n) is 4.30. The highest BCUT2D eigenvalue weighted by Crippen LogP contribution is 2.56. The number of anilines is 1. The van der Waals surface area contributed by atoms with Gasteiger partial charge in [-0.05, 0) is 37.0 Å². The molecule has 1 aliphatic carbocycles. The fraction of sp³-hybridized carbons (Fsp3) is 0.500. The van der Waals surface area contributed by atoms with Gasteiger partial charge >= 0.3 is 5.97 Å². The number of hydrogen-bond donors (Lipinski definition) is 0. The molecule has 1 aliphatic heterocycles. The minimum atomic E-state index is -0.0532. The Balaban J connectivity index is 1.75. The third kappa shape index (κ3) is 1.69. The molecule has 1 aromatic rings. The van der Waals surface area contributed by atoms with E-state index in [0.717, 1.165) is 17.3 Å². The van der Waals surface area contributed by atoms with Crippen LogP contribution in [0.3, 0.4) is 0 Å². The molecule has 1 aromatic carbocycles. The number of methoxy groups -OCH3 is 1. The molecule has 1 saturated heterocycles. The minimum Gasteiger partial charge on any atom is -0.469 e. The molecule has 1 saturated carbocycles. The molecule has 1 heterocycles. The first-order valence-electron chi connectivity index (χ1n) is 6.23. The number of carbonyl (C=O) groups is 1. The zero-order chi connectivity index (χ0) is 12.9. The monoisotopic (exact) mass is 265 g/mol. The number of esters is 1. The number of rotatable bonds is 2. The fourth-order valence-electron chi connectivity index (χ4n) is 3.36. The molecule has 2 fully saturated rings. The lowest BCUT2D eigenvalue weighted by molar-refractivity contribution is -0.143. The van der Waals surface area contributed by atoms with Gasteiger partial charge in [0, 0.05) is 23.3 Å². The molecule has 3 nitrogen and oxygen atoms in total. The zero-order valence-corrected chi connectivity index (χ0v) is 11.2. The Morgan fingerprint density at radius 1 is 1.50 bits per heavy atom. The van der Waals surface area contributed by atoms with Gasteiger partial charge in [-0.3, -0.25) is 4.79 Å². The van der Waals surface area contributed by atoms with E-state index in [9.17, 15) is 4.79 Å². The van der Waals surface area contributed by atoms with E-state index in [2.05, 4.69) is 17.9 Å². The summed E-state index contributed by atoms with van der Waals surface area (Å²) in [5.74, 6) is 0.950. The van der Waals surface area contributed by atoms with Crippen LogP contribution < -0.4 is 4.90 Å². The molecular formula is C14H16ClNO2. The van der Waals surface area contributed by atoms with Crippen molar-refractivity contribution >= 4 is 23.3 Å². The Morgan fingerprint density at radius 2 is 2.28 bits per heavy atom. The van der Waals surface area contributed by atoms with Crippen LogP contribution in [0.25, 0.3) is 0 Å².